The highest BCUT2D eigenvalue weighted by atomic mass is 19.3. The van der Waals surface area contributed by atoms with Gasteiger partial charge in [0, 0.05) is 6.42 Å². The van der Waals surface area contributed by atoms with E-state index in [1.54, 1.807) is 0 Å². The Morgan fingerprint density at radius 1 is 1.13 bits per heavy atom. The van der Waals surface area contributed by atoms with Crippen molar-refractivity contribution in [1.82, 2.24) is 0 Å². The van der Waals surface area contributed by atoms with Gasteiger partial charge in [-0.05, 0) is 62.1 Å². The molecule has 23 heavy (non-hydrogen) atoms. The fraction of sp³-hybridized carbons (Fsp3) is 0.556. The van der Waals surface area contributed by atoms with Gasteiger partial charge in [0.2, 0.25) is 0 Å². The van der Waals surface area contributed by atoms with Gasteiger partial charge < -0.3 is 4.74 Å². The van der Waals surface area contributed by atoms with E-state index in [2.05, 4.69) is 10.8 Å². The Kier molecular flexibility index (Phi) is 6.22. The number of alkyl halides is 2. The van der Waals surface area contributed by atoms with Crippen LogP contribution in [0.2, 0.25) is 0 Å². The number of allylic oxidation sites excluding steroid dienone is 2. The van der Waals surface area contributed by atoms with Gasteiger partial charge in [0.05, 0.1) is 6.61 Å². The average Bonchev–Trinajstić information content (AvgIpc) is 2.51. The third-order valence-electron chi connectivity index (χ3n) is 4.32. The third kappa shape index (κ3) is 5.65. The maximum Gasteiger partial charge on any atom is 0.356 e. The smallest absolute Gasteiger partial charge is 0.316 e. The first-order valence-electron chi connectivity index (χ1n) is 7.98. The van der Waals surface area contributed by atoms with E-state index < -0.39 is 24.3 Å². The topological polar surface area (TPSA) is 9.23 Å². The molecule has 128 valence electrons. The van der Waals surface area contributed by atoms with Crippen LogP contribution in [0.3, 0.4) is 0 Å². The Morgan fingerprint density at radius 2 is 1.83 bits per heavy atom. The number of ether oxygens (including phenoxy) is 1. The van der Waals surface area contributed by atoms with Gasteiger partial charge >= 0.3 is 6.11 Å². The van der Waals surface area contributed by atoms with Crippen molar-refractivity contribution in [2.75, 3.05) is 0 Å². The maximum absolute atomic E-state index is 13.9. The predicted molar refractivity (Wildman–Crippen MR) is 81.0 cm³/mol. The minimum absolute atomic E-state index is 0.0588. The van der Waals surface area contributed by atoms with E-state index in [9.17, 15) is 17.6 Å². The molecule has 0 heterocycles. The lowest BCUT2D eigenvalue weighted by Gasteiger charge is -2.29. The maximum atomic E-state index is 13.9. The molecule has 0 saturated heterocycles. The van der Waals surface area contributed by atoms with Crippen LogP contribution in [0, 0.1) is 23.5 Å². The molecule has 0 amide bonds. The first-order valence-corrected chi connectivity index (χ1v) is 7.98. The molecule has 0 aromatic heterocycles. The monoisotopic (exact) mass is 330 g/mol. The number of hydrogen-bond acceptors (Lipinski definition) is 1. The Hall–Kier alpha value is -1.36. The van der Waals surface area contributed by atoms with Crippen molar-refractivity contribution >= 4 is 0 Å². The first kappa shape index (κ1) is 18.0. The second kappa shape index (κ2) is 7.95. The zero-order chi connectivity index (χ0) is 16.9. The van der Waals surface area contributed by atoms with Gasteiger partial charge in [-0.15, -0.1) is 0 Å². The minimum atomic E-state index is -3.25. The molecule has 5 heteroatoms. The molecule has 2 rings (SSSR count). The van der Waals surface area contributed by atoms with Gasteiger partial charge in [-0.2, -0.15) is 8.78 Å². The highest BCUT2D eigenvalue weighted by Crippen LogP contribution is 2.37. The Labute approximate surface area is 134 Å². The van der Waals surface area contributed by atoms with E-state index in [4.69, 9.17) is 0 Å². The van der Waals surface area contributed by atoms with Gasteiger partial charge in [-0.1, -0.05) is 18.2 Å². The van der Waals surface area contributed by atoms with Crippen LogP contribution in [0.4, 0.5) is 17.6 Å². The molecule has 0 bridgehead atoms. The Bertz CT molecular complexity index is 534. The first-order chi connectivity index (χ1) is 10.9. The van der Waals surface area contributed by atoms with Crippen molar-refractivity contribution in [2.45, 2.75) is 51.7 Å². The second-order valence-corrected chi connectivity index (χ2v) is 6.19. The molecule has 0 radical (unpaired) electrons. The fourth-order valence-corrected chi connectivity index (χ4v) is 3.07. The summed E-state index contributed by atoms with van der Waals surface area (Å²) in [6.07, 6.45) is 3.95. The molecule has 1 nitrogen and oxygen atoms in total. The number of hydrogen-bond donors (Lipinski definition) is 0. The molecule has 0 aliphatic heterocycles. The van der Waals surface area contributed by atoms with E-state index in [0.717, 1.165) is 37.8 Å². The van der Waals surface area contributed by atoms with Crippen LogP contribution in [0.15, 0.2) is 30.4 Å². The SMILES string of the molecule is CC=C[C@H]1CC[C@H](CC(F)(F)OCc2ccc(F)c(F)c2)CC1. The predicted octanol–water partition coefficient (Wildman–Crippen LogP) is 5.85. The van der Waals surface area contributed by atoms with Crippen LogP contribution in [-0.4, -0.2) is 6.11 Å². The van der Waals surface area contributed by atoms with E-state index in [-0.39, 0.29) is 17.9 Å². The highest BCUT2D eigenvalue weighted by Gasteiger charge is 2.35. The van der Waals surface area contributed by atoms with Gasteiger partial charge in [0.25, 0.3) is 0 Å². The normalized spacial score (nSPS) is 22.7. The molecule has 1 fully saturated rings. The Balaban J connectivity index is 1.81. The van der Waals surface area contributed by atoms with Crippen molar-refractivity contribution in [3.63, 3.8) is 0 Å². The van der Waals surface area contributed by atoms with E-state index >= 15 is 0 Å². The summed E-state index contributed by atoms with van der Waals surface area (Å²) in [5.74, 6) is -1.63. The van der Waals surface area contributed by atoms with E-state index in [0.29, 0.717) is 5.92 Å². The lowest BCUT2D eigenvalue weighted by atomic mass is 9.80. The molecule has 1 aromatic carbocycles. The number of halogens is 4. The summed E-state index contributed by atoms with van der Waals surface area (Å²) in [6.45, 7) is 1.53. The molecule has 1 aliphatic rings. The molecule has 0 spiro atoms. The van der Waals surface area contributed by atoms with Crippen LogP contribution in [0.1, 0.15) is 44.6 Å². The zero-order valence-corrected chi connectivity index (χ0v) is 13.2. The van der Waals surface area contributed by atoms with Crippen molar-refractivity contribution in [1.29, 1.82) is 0 Å². The largest absolute Gasteiger partial charge is 0.356 e. The summed E-state index contributed by atoms with van der Waals surface area (Å²) in [7, 11) is 0. The summed E-state index contributed by atoms with van der Waals surface area (Å²) in [4.78, 5) is 0. The van der Waals surface area contributed by atoms with Crippen LogP contribution < -0.4 is 0 Å². The molecule has 0 atom stereocenters. The standard InChI is InChI=1S/C18H22F4O/c1-2-3-13-4-6-14(7-5-13)11-18(21,22)23-12-15-8-9-16(19)17(20)10-15/h2-3,8-10,13-14H,4-7,11-12H2,1H3/t13-,14-. The van der Waals surface area contributed by atoms with Crippen molar-refractivity contribution < 1.29 is 22.3 Å². The average molecular weight is 330 g/mol. The molecule has 0 unspecified atom stereocenters. The van der Waals surface area contributed by atoms with Crippen LogP contribution in [-0.2, 0) is 11.3 Å². The van der Waals surface area contributed by atoms with Crippen LogP contribution in [0.25, 0.3) is 0 Å². The summed E-state index contributed by atoms with van der Waals surface area (Å²) < 4.78 is 58.3. The fourth-order valence-electron chi connectivity index (χ4n) is 3.07. The number of benzene rings is 1. The summed E-state index contributed by atoms with van der Waals surface area (Å²) in [6, 6.07) is 3.04. The zero-order valence-electron chi connectivity index (χ0n) is 13.2. The quantitative estimate of drug-likeness (QED) is 0.470. The van der Waals surface area contributed by atoms with Crippen molar-refractivity contribution in [3.8, 4) is 0 Å². The van der Waals surface area contributed by atoms with Crippen LogP contribution in [0.5, 0.6) is 0 Å². The summed E-state index contributed by atoms with van der Waals surface area (Å²) >= 11 is 0. The molecular formula is C18H22F4O. The Morgan fingerprint density at radius 3 is 2.43 bits per heavy atom. The summed E-state index contributed by atoms with van der Waals surface area (Å²) in [5, 5.41) is 0. The van der Waals surface area contributed by atoms with Crippen molar-refractivity contribution in [3.05, 3.63) is 47.5 Å². The van der Waals surface area contributed by atoms with Gasteiger partial charge in [0.1, 0.15) is 0 Å². The van der Waals surface area contributed by atoms with Crippen LogP contribution >= 0.6 is 0 Å². The van der Waals surface area contributed by atoms with E-state index in [1.165, 1.54) is 6.07 Å². The highest BCUT2D eigenvalue weighted by molar-refractivity contribution is 5.16. The van der Waals surface area contributed by atoms with Gasteiger partial charge in [-0.25, -0.2) is 8.78 Å². The molecular weight excluding hydrogens is 308 g/mol. The van der Waals surface area contributed by atoms with Gasteiger partial charge in [-0.3, -0.25) is 0 Å². The second-order valence-electron chi connectivity index (χ2n) is 6.19. The molecule has 1 aromatic rings. The van der Waals surface area contributed by atoms with Crippen molar-refractivity contribution in [2.24, 2.45) is 11.8 Å². The molecule has 0 N–H and O–H groups in total. The summed E-state index contributed by atoms with van der Waals surface area (Å²) in [5.41, 5.74) is 0.195. The molecule has 1 aliphatic carbocycles. The molecule has 1 saturated carbocycles. The number of rotatable bonds is 6. The third-order valence-corrected chi connectivity index (χ3v) is 4.32. The lowest BCUT2D eigenvalue weighted by Crippen LogP contribution is -2.27. The lowest BCUT2D eigenvalue weighted by molar-refractivity contribution is -0.256. The minimum Gasteiger partial charge on any atom is -0.316 e. The van der Waals surface area contributed by atoms with E-state index in [1.807, 2.05) is 13.0 Å². The van der Waals surface area contributed by atoms with Gasteiger partial charge in [0.15, 0.2) is 11.6 Å².